The summed E-state index contributed by atoms with van der Waals surface area (Å²) in [7, 11) is 0. The second-order valence-electron chi connectivity index (χ2n) is 4.26. The van der Waals surface area contributed by atoms with Crippen LogP contribution in [0.25, 0.3) is 11.0 Å². The number of hydrogen-bond acceptors (Lipinski definition) is 4. The highest BCUT2D eigenvalue weighted by molar-refractivity contribution is 5.80. The van der Waals surface area contributed by atoms with Crippen molar-refractivity contribution in [2.24, 2.45) is 5.92 Å². The lowest BCUT2D eigenvalue weighted by Crippen LogP contribution is -2.45. The summed E-state index contributed by atoms with van der Waals surface area (Å²) in [6.07, 6.45) is 0. The number of nitrogens with one attached hydrogen (secondary N) is 1. The molecule has 1 aromatic heterocycles. The SMILES string of the molecule is Cc1noc2ccc(OCC3CNC3)cc12. The van der Waals surface area contributed by atoms with E-state index in [-0.39, 0.29) is 0 Å². The number of fused-ring (bicyclic) bond motifs is 1. The van der Waals surface area contributed by atoms with E-state index in [1.807, 2.05) is 25.1 Å². The predicted octanol–water partition coefficient (Wildman–Crippen LogP) is 1.73. The molecule has 2 heterocycles. The Bertz CT molecular complexity index is 503. The molecule has 0 unspecified atom stereocenters. The number of aryl methyl sites for hydroxylation is 1. The average molecular weight is 218 g/mol. The highest BCUT2D eigenvalue weighted by Gasteiger charge is 2.17. The summed E-state index contributed by atoms with van der Waals surface area (Å²) >= 11 is 0. The van der Waals surface area contributed by atoms with Crippen LogP contribution in [-0.2, 0) is 0 Å². The van der Waals surface area contributed by atoms with Crippen molar-refractivity contribution in [3.05, 3.63) is 23.9 Å². The van der Waals surface area contributed by atoms with Crippen molar-refractivity contribution in [2.45, 2.75) is 6.92 Å². The minimum atomic E-state index is 0.652. The van der Waals surface area contributed by atoms with Gasteiger partial charge in [0.2, 0.25) is 0 Å². The average Bonchev–Trinajstić information content (AvgIpc) is 2.58. The van der Waals surface area contributed by atoms with Crippen LogP contribution in [0.4, 0.5) is 0 Å². The maximum atomic E-state index is 5.73. The Hall–Kier alpha value is -1.55. The van der Waals surface area contributed by atoms with Crippen molar-refractivity contribution in [1.29, 1.82) is 0 Å². The Morgan fingerprint density at radius 2 is 2.38 bits per heavy atom. The van der Waals surface area contributed by atoms with E-state index in [1.54, 1.807) is 0 Å². The van der Waals surface area contributed by atoms with Gasteiger partial charge in [0, 0.05) is 24.4 Å². The highest BCUT2D eigenvalue weighted by atomic mass is 16.5. The zero-order valence-corrected chi connectivity index (χ0v) is 9.19. The Kier molecular flexibility index (Phi) is 2.29. The summed E-state index contributed by atoms with van der Waals surface area (Å²) in [5, 5.41) is 8.18. The molecule has 1 fully saturated rings. The maximum Gasteiger partial charge on any atom is 0.167 e. The topological polar surface area (TPSA) is 47.3 Å². The molecule has 1 aromatic carbocycles. The van der Waals surface area contributed by atoms with E-state index in [1.165, 1.54) is 0 Å². The van der Waals surface area contributed by atoms with E-state index in [9.17, 15) is 0 Å². The molecule has 0 amide bonds. The molecule has 3 rings (SSSR count). The normalized spacial score (nSPS) is 16.3. The van der Waals surface area contributed by atoms with Gasteiger partial charge in [-0.3, -0.25) is 0 Å². The van der Waals surface area contributed by atoms with Crippen LogP contribution in [0.3, 0.4) is 0 Å². The molecule has 0 aliphatic carbocycles. The fourth-order valence-corrected chi connectivity index (χ4v) is 1.81. The fraction of sp³-hybridized carbons (Fsp3) is 0.417. The molecular formula is C12H14N2O2. The molecule has 1 aliphatic rings. The number of aromatic nitrogens is 1. The minimum absolute atomic E-state index is 0.652. The van der Waals surface area contributed by atoms with Gasteiger partial charge >= 0.3 is 0 Å². The van der Waals surface area contributed by atoms with E-state index in [0.29, 0.717) is 5.92 Å². The van der Waals surface area contributed by atoms with Crippen molar-refractivity contribution in [2.75, 3.05) is 19.7 Å². The molecule has 1 saturated heterocycles. The van der Waals surface area contributed by atoms with Gasteiger partial charge in [-0.05, 0) is 25.1 Å². The smallest absolute Gasteiger partial charge is 0.167 e. The summed E-state index contributed by atoms with van der Waals surface area (Å²) in [5.41, 5.74) is 1.72. The first-order valence-corrected chi connectivity index (χ1v) is 5.52. The third kappa shape index (κ3) is 1.65. The first-order valence-electron chi connectivity index (χ1n) is 5.52. The Labute approximate surface area is 93.6 Å². The van der Waals surface area contributed by atoms with E-state index >= 15 is 0 Å². The standard InChI is InChI=1S/C12H14N2O2/c1-8-11-4-10(2-3-12(11)16-14-8)15-7-9-5-13-6-9/h2-4,9,13H,5-7H2,1H3. The second kappa shape index (κ2) is 3.79. The highest BCUT2D eigenvalue weighted by Crippen LogP contribution is 2.23. The monoisotopic (exact) mass is 218 g/mol. The van der Waals surface area contributed by atoms with Gasteiger partial charge in [0.1, 0.15) is 5.75 Å². The molecule has 1 aliphatic heterocycles. The van der Waals surface area contributed by atoms with Crippen LogP contribution in [0, 0.1) is 12.8 Å². The maximum absolute atomic E-state index is 5.73. The molecule has 0 atom stereocenters. The molecule has 0 bridgehead atoms. The molecule has 0 radical (unpaired) electrons. The van der Waals surface area contributed by atoms with Gasteiger partial charge in [0.15, 0.2) is 5.58 Å². The molecule has 1 N–H and O–H groups in total. The fourth-order valence-electron chi connectivity index (χ4n) is 1.81. The van der Waals surface area contributed by atoms with Gasteiger partial charge in [-0.25, -0.2) is 0 Å². The van der Waals surface area contributed by atoms with Crippen LogP contribution in [0.5, 0.6) is 5.75 Å². The van der Waals surface area contributed by atoms with Crippen molar-refractivity contribution in [1.82, 2.24) is 10.5 Å². The second-order valence-corrected chi connectivity index (χ2v) is 4.26. The number of rotatable bonds is 3. The Balaban J connectivity index is 1.78. The van der Waals surface area contributed by atoms with Crippen molar-refractivity contribution >= 4 is 11.0 Å². The molecule has 2 aromatic rings. The molecule has 0 spiro atoms. The van der Waals surface area contributed by atoms with E-state index in [2.05, 4.69) is 10.5 Å². The van der Waals surface area contributed by atoms with E-state index in [0.717, 1.165) is 42.1 Å². The van der Waals surface area contributed by atoms with Crippen LogP contribution in [-0.4, -0.2) is 24.9 Å². The van der Waals surface area contributed by atoms with Crippen LogP contribution < -0.4 is 10.1 Å². The summed E-state index contributed by atoms with van der Waals surface area (Å²) in [5.74, 6) is 1.55. The first kappa shape index (κ1) is 9.66. The number of hydrogen-bond donors (Lipinski definition) is 1. The predicted molar refractivity (Wildman–Crippen MR) is 60.6 cm³/mol. The van der Waals surface area contributed by atoms with Crippen LogP contribution in [0.15, 0.2) is 22.7 Å². The Morgan fingerprint density at radius 3 is 3.12 bits per heavy atom. The van der Waals surface area contributed by atoms with Crippen molar-refractivity contribution in [3.8, 4) is 5.75 Å². The molecule has 4 nitrogen and oxygen atoms in total. The zero-order chi connectivity index (χ0) is 11.0. The van der Waals surface area contributed by atoms with Gasteiger partial charge in [-0.1, -0.05) is 5.16 Å². The Morgan fingerprint density at radius 1 is 1.50 bits per heavy atom. The lowest BCUT2D eigenvalue weighted by atomic mass is 10.1. The molecule has 4 heteroatoms. The van der Waals surface area contributed by atoms with Gasteiger partial charge in [0.25, 0.3) is 0 Å². The lowest BCUT2D eigenvalue weighted by Gasteiger charge is -2.26. The van der Waals surface area contributed by atoms with Crippen LogP contribution in [0.2, 0.25) is 0 Å². The van der Waals surface area contributed by atoms with Gasteiger partial charge in [-0.15, -0.1) is 0 Å². The van der Waals surface area contributed by atoms with E-state index < -0.39 is 0 Å². The minimum Gasteiger partial charge on any atom is -0.493 e. The quantitative estimate of drug-likeness (QED) is 0.852. The number of nitrogens with zero attached hydrogens (tertiary/aromatic N) is 1. The molecule has 16 heavy (non-hydrogen) atoms. The molecule has 0 saturated carbocycles. The molecular weight excluding hydrogens is 204 g/mol. The molecule has 84 valence electrons. The first-order chi connectivity index (χ1) is 7.83. The summed E-state index contributed by atoms with van der Waals surface area (Å²) in [6, 6.07) is 5.83. The zero-order valence-electron chi connectivity index (χ0n) is 9.19. The largest absolute Gasteiger partial charge is 0.493 e. The van der Waals surface area contributed by atoms with Gasteiger partial charge in [0.05, 0.1) is 12.3 Å². The lowest BCUT2D eigenvalue weighted by molar-refractivity contribution is 0.199. The third-order valence-corrected chi connectivity index (χ3v) is 2.97. The van der Waals surface area contributed by atoms with Crippen LogP contribution >= 0.6 is 0 Å². The summed E-state index contributed by atoms with van der Waals surface area (Å²) in [6.45, 7) is 4.84. The van der Waals surface area contributed by atoms with Crippen molar-refractivity contribution < 1.29 is 9.26 Å². The summed E-state index contributed by atoms with van der Waals surface area (Å²) < 4.78 is 10.9. The third-order valence-electron chi connectivity index (χ3n) is 2.97. The van der Waals surface area contributed by atoms with Gasteiger partial charge < -0.3 is 14.6 Å². The number of benzene rings is 1. The summed E-state index contributed by atoms with van der Waals surface area (Å²) in [4.78, 5) is 0. The van der Waals surface area contributed by atoms with E-state index in [4.69, 9.17) is 9.26 Å². The van der Waals surface area contributed by atoms with Gasteiger partial charge in [-0.2, -0.15) is 0 Å². The van der Waals surface area contributed by atoms with Crippen molar-refractivity contribution in [3.63, 3.8) is 0 Å². The van der Waals surface area contributed by atoms with Crippen LogP contribution in [0.1, 0.15) is 5.69 Å². The number of ether oxygens (including phenoxy) is 1.